The van der Waals surface area contributed by atoms with Crippen LogP contribution in [0.4, 0.5) is 0 Å². The van der Waals surface area contributed by atoms with Crippen molar-refractivity contribution >= 4 is 26.7 Å². The number of hydrogen-bond acceptors (Lipinski definition) is 4. The second-order valence-corrected chi connectivity index (χ2v) is 11.0. The maximum atomic E-state index is 12.5. The van der Waals surface area contributed by atoms with Gasteiger partial charge in [-0.05, 0) is 69.4 Å². The second kappa shape index (κ2) is 7.27. The molecule has 0 saturated heterocycles. The van der Waals surface area contributed by atoms with Gasteiger partial charge in [0.15, 0.2) is 9.84 Å². The average Bonchev–Trinajstić information content (AvgIpc) is 3.09. The number of fused-ring (bicyclic) bond motifs is 2. The van der Waals surface area contributed by atoms with E-state index in [1.807, 2.05) is 62.6 Å². The first-order valence-corrected chi connectivity index (χ1v) is 11.8. The Hall–Kier alpha value is -2.60. The van der Waals surface area contributed by atoms with Gasteiger partial charge in [-0.1, -0.05) is 30.3 Å². The zero-order valence-corrected chi connectivity index (χ0v) is 18.7. The zero-order valence-electron chi connectivity index (χ0n) is 17.9. The van der Waals surface area contributed by atoms with Crippen LogP contribution < -0.4 is 0 Å². The van der Waals surface area contributed by atoms with Crippen molar-refractivity contribution in [2.75, 3.05) is 5.75 Å². The lowest BCUT2D eigenvalue weighted by molar-refractivity contribution is -0.155. The molecule has 1 aromatic heterocycles. The standard InChI is InChI=1S/C24H27NO4S/c1-16-20(14-17-9-10-22-18(13-17)11-12-30(22,27)28)19-7-5-6-8-21(19)25(16)15-23(26)29-24(2,3)4/h5-10,13H,11-12,14-15H2,1-4H3. The second-order valence-electron chi connectivity index (χ2n) is 8.94. The highest BCUT2D eigenvalue weighted by molar-refractivity contribution is 7.91. The van der Waals surface area contributed by atoms with Gasteiger partial charge in [0.1, 0.15) is 12.1 Å². The fraction of sp³-hybridized carbons (Fsp3) is 0.375. The molecule has 2 heterocycles. The van der Waals surface area contributed by atoms with Crippen LogP contribution in [0.25, 0.3) is 10.9 Å². The number of rotatable bonds is 4. The molecule has 0 atom stereocenters. The Bertz CT molecular complexity index is 1250. The first-order chi connectivity index (χ1) is 14.0. The van der Waals surface area contributed by atoms with E-state index in [4.69, 9.17) is 4.74 Å². The monoisotopic (exact) mass is 425 g/mol. The minimum absolute atomic E-state index is 0.159. The van der Waals surface area contributed by atoms with E-state index in [-0.39, 0.29) is 18.3 Å². The predicted molar refractivity (Wildman–Crippen MR) is 118 cm³/mol. The molecule has 158 valence electrons. The number of carbonyl (C=O) groups excluding carboxylic acids is 1. The lowest BCUT2D eigenvalue weighted by atomic mass is 10.00. The Balaban J connectivity index is 1.70. The number of sulfone groups is 1. The number of ether oxygens (including phenoxy) is 1. The molecule has 0 saturated carbocycles. The first-order valence-electron chi connectivity index (χ1n) is 10.2. The first kappa shape index (κ1) is 20.7. The van der Waals surface area contributed by atoms with Gasteiger partial charge in [-0.3, -0.25) is 4.79 Å². The van der Waals surface area contributed by atoms with Crippen molar-refractivity contribution in [3.8, 4) is 0 Å². The molecule has 1 aliphatic rings. The van der Waals surface area contributed by atoms with E-state index in [0.29, 0.717) is 17.7 Å². The topological polar surface area (TPSA) is 65.4 Å². The Labute approximate surface area is 177 Å². The summed E-state index contributed by atoms with van der Waals surface area (Å²) in [6, 6.07) is 13.7. The number of nitrogens with zero attached hydrogens (tertiary/aromatic N) is 1. The smallest absolute Gasteiger partial charge is 0.326 e. The molecule has 0 unspecified atom stereocenters. The van der Waals surface area contributed by atoms with Gasteiger partial charge in [-0.25, -0.2) is 8.42 Å². The number of benzene rings is 2. The van der Waals surface area contributed by atoms with Crippen molar-refractivity contribution in [1.29, 1.82) is 0 Å². The number of aryl methyl sites for hydroxylation is 1. The van der Waals surface area contributed by atoms with Crippen LogP contribution in [0.3, 0.4) is 0 Å². The molecule has 0 bridgehead atoms. The number of para-hydroxylation sites is 1. The van der Waals surface area contributed by atoms with Crippen molar-refractivity contribution in [2.24, 2.45) is 0 Å². The minimum atomic E-state index is -3.12. The average molecular weight is 426 g/mol. The van der Waals surface area contributed by atoms with E-state index in [2.05, 4.69) is 6.07 Å². The van der Waals surface area contributed by atoms with Crippen molar-refractivity contribution in [2.45, 2.75) is 57.6 Å². The number of carbonyl (C=O) groups is 1. The van der Waals surface area contributed by atoms with Gasteiger partial charge in [0.2, 0.25) is 0 Å². The van der Waals surface area contributed by atoms with E-state index < -0.39 is 15.4 Å². The quantitative estimate of drug-likeness (QED) is 0.587. The Morgan fingerprint density at radius 3 is 2.60 bits per heavy atom. The van der Waals surface area contributed by atoms with Gasteiger partial charge < -0.3 is 9.30 Å². The van der Waals surface area contributed by atoms with Gasteiger partial charge in [-0.15, -0.1) is 0 Å². The molecular weight excluding hydrogens is 398 g/mol. The molecule has 0 fully saturated rings. The third-order valence-corrected chi connectivity index (χ3v) is 7.36. The minimum Gasteiger partial charge on any atom is -0.459 e. The molecule has 6 heteroatoms. The summed E-state index contributed by atoms with van der Waals surface area (Å²) in [7, 11) is -3.12. The highest BCUT2D eigenvalue weighted by atomic mass is 32.2. The predicted octanol–water partition coefficient (Wildman–Crippen LogP) is 4.21. The van der Waals surface area contributed by atoms with E-state index in [1.165, 1.54) is 0 Å². The maximum Gasteiger partial charge on any atom is 0.326 e. The third-order valence-electron chi connectivity index (χ3n) is 5.55. The summed E-state index contributed by atoms with van der Waals surface area (Å²) in [5, 5.41) is 1.10. The molecule has 4 rings (SSSR count). The van der Waals surface area contributed by atoms with Gasteiger partial charge in [0, 0.05) is 16.6 Å². The summed E-state index contributed by atoms with van der Waals surface area (Å²) >= 11 is 0. The molecule has 0 aliphatic carbocycles. The largest absolute Gasteiger partial charge is 0.459 e. The van der Waals surface area contributed by atoms with E-state index >= 15 is 0 Å². The normalized spacial score (nSPS) is 15.3. The molecule has 0 amide bonds. The molecule has 1 aliphatic heterocycles. The van der Waals surface area contributed by atoms with Crippen LogP contribution in [-0.2, 0) is 38.8 Å². The van der Waals surface area contributed by atoms with E-state index in [9.17, 15) is 13.2 Å². The summed E-state index contributed by atoms with van der Waals surface area (Å²) in [5.41, 5.74) is 4.63. The van der Waals surface area contributed by atoms with Crippen molar-refractivity contribution in [3.05, 3.63) is 64.8 Å². The molecule has 0 N–H and O–H groups in total. The van der Waals surface area contributed by atoms with Gasteiger partial charge in [0.25, 0.3) is 0 Å². The Kier molecular flexibility index (Phi) is 5.01. The van der Waals surface area contributed by atoms with Crippen molar-refractivity contribution < 1.29 is 17.9 Å². The van der Waals surface area contributed by atoms with E-state index in [1.54, 1.807) is 6.07 Å². The van der Waals surface area contributed by atoms with E-state index in [0.717, 1.165) is 33.3 Å². The zero-order chi connectivity index (χ0) is 21.7. The molecule has 0 radical (unpaired) electrons. The number of aromatic nitrogens is 1. The van der Waals surface area contributed by atoms with Gasteiger partial charge in [0.05, 0.1) is 10.6 Å². The number of esters is 1. The molecule has 5 nitrogen and oxygen atoms in total. The lowest BCUT2D eigenvalue weighted by Crippen LogP contribution is -2.26. The van der Waals surface area contributed by atoms with Crippen LogP contribution >= 0.6 is 0 Å². The number of hydrogen-bond donors (Lipinski definition) is 0. The fourth-order valence-corrected chi connectivity index (χ4v) is 5.78. The summed E-state index contributed by atoms with van der Waals surface area (Å²) in [6.07, 6.45) is 1.26. The van der Waals surface area contributed by atoms with Crippen LogP contribution in [0.15, 0.2) is 47.4 Å². The molecule has 0 spiro atoms. The third kappa shape index (κ3) is 3.88. The molecule has 2 aromatic carbocycles. The summed E-state index contributed by atoms with van der Waals surface area (Å²) in [4.78, 5) is 12.9. The van der Waals surface area contributed by atoms with Crippen molar-refractivity contribution in [3.63, 3.8) is 0 Å². The molecule has 3 aromatic rings. The summed E-state index contributed by atoms with van der Waals surface area (Å²) in [6.45, 7) is 7.78. The van der Waals surface area contributed by atoms with Crippen LogP contribution in [-0.4, -0.2) is 30.3 Å². The fourth-order valence-electron chi connectivity index (χ4n) is 4.23. The molecular formula is C24H27NO4S. The van der Waals surface area contributed by atoms with Gasteiger partial charge in [-0.2, -0.15) is 0 Å². The molecule has 30 heavy (non-hydrogen) atoms. The SMILES string of the molecule is Cc1c(Cc2ccc3c(c2)CCS3(=O)=O)c2ccccc2n1CC(=O)OC(C)(C)C. The van der Waals surface area contributed by atoms with Gasteiger partial charge >= 0.3 is 5.97 Å². The summed E-state index contributed by atoms with van der Waals surface area (Å²) < 4.78 is 31.8. The Morgan fingerprint density at radius 2 is 1.87 bits per heavy atom. The highest BCUT2D eigenvalue weighted by Gasteiger charge is 2.26. The lowest BCUT2D eigenvalue weighted by Gasteiger charge is -2.20. The highest BCUT2D eigenvalue weighted by Crippen LogP contribution is 2.31. The Morgan fingerprint density at radius 1 is 1.13 bits per heavy atom. The van der Waals surface area contributed by atoms with Crippen LogP contribution in [0, 0.1) is 6.92 Å². The summed E-state index contributed by atoms with van der Waals surface area (Å²) in [5.74, 6) is -0.0688. The van der Waals surface area contributed by atoms with Crippen LogP contribution in [0.5, 0.6) is 0 Å². The maximum absolute atomic E-state index is 12.5. The van der Waals surface area contributed by atoms with Crippen LogP contribution in [0.1, 0.15) is 43.2 Å². The van der Waals surface area contributed by atoms with Crippen LogP contribution in [0.2, 0.25) is 0 Å². The van der Waals surface area contributed by atoms with Crippen molar-refractivity contribution in [1.82, 2.24) is 4.57 Å².